The van der Waals surface area contributed by atoms with Crippen LogP contribution in [-0.2, 0) is 11.3 Å². The maximum Gasteiger partial charge on any atom is 0.573 e. The van der Waals surface area contributed by atoms with Crippen molar-refractivity contribution in [1.29, 1.82) is 0 Å². The zero-order valence-electron chi connectivity index (χ0n) is 15.7. The minimum atomic E-state index is -4.79. The van der Waals surface area contributed by atoms with Crippen molar-refractivity contribution in [2.45, 2.75) is 32.7 Å². The second-order valence-corrected chi connectivity index (χ2v) is 6.04. The highest BCUT2D eigenvalue weighted by atomic mass is 19.4. The van der Waals surface area contributed by atoms with Gasteiger partial charge >= 0.3 is 18.4 Å². The molecule has 2 rings (SSSR count). The smallest absolute Gasteiger partial charge is 0.462 e. The van der Waals surface area contributed by atoms with E-state index in [0.29, 0.717) is 5.56 Å². The summed E-state index contributed by atoms with van der Waals surface area (Å²) in [5, 5.41) is 5.06. The zero-order valence-corrected chi connectivity index (χ0v) is 15.7. The summed E-state index contributed by atoms with van der Waals surface area (Å²) in [5.74, 6) is -0.927. The number of carbonyl (C=O) groups is 2. The van der Waals surface area contributed by atoms with Crippen LogP contribution in [0.2, 0.25) is 0 Å². The molecule has 0 saturated heterocycles. The van der Waals surface area contributed by atoms with Gasteiger partial charge in [-0.1, -0.05) is 37.6 Å². The highest BCUT2D eigenvalue weighted by molar-refractivity contribution is 6.00. The molecule has 0 radical (unpaired) electrons. The lowest BCUT2D eigenvalue weighted by atomic mass is 10.2. The number of urea groups is 1. The highest BCUT2D eigenvalue weighted by Crippen LogP contribution is 2.23. The molecule has 6 nitrogen and oxygen atoms in total. The Labute approximate surface area is 166 Å². The summed E-state index contributed by atoms with van der Waals surface area (Å²) < 4.78 is 45.9. The molecule has 0 atom stereocenters. The summed E-state index contributed by atoms with van der Waals surface area (Å²) in [6.45, 7) is 2.22. The molecule has 0 unspecified atom stereocenters. The van der Waals surface area contributed by atoms with Crippen molar-refractivity contribution in [3.05, 3.63) is 59.7 Å². The van der Waals surface area contributed by atoms with E-state index in [9.17, 15) is 22.8 Å². The average Bonchev–Trinajstić information content (AvgIpc) is 2.66. The van der Waals surface area contributed by atoms with Crippen LogP contribution in [0.5, 0.6) is 5.75 Å². The first-order chi connectivity index (χ1) is 13.8. The Kier molecular flexibility index (Phi) is 7.88. The third-order valence-electron chi connectivity index (χ3n) is 3.71. The third-order valence-corrected chi connectivity index (χ3v) is 3.71. The fourth-order valence-corrected chi connectivity index (χ4v) is 2.36. The van der Waals surface area contributed by atoms with Gasteiger partial charge in [-0.05, 0) is 36.2 Å². The summed E-state index contributed by atoms with van der Waals surface area (Å²) in [5.41, 5.74) is 0.883. The summed E-state index contributed by atoms with van der Waals surface area (Å²) in [6, 6.07) is 11.0. The first kappa shape index (κ1) is 22.1. The molecule has 29 heavy (non-hydrogen) atoms. The van der Waals surface area contributed by atoms with Crippen LogP contribution in [-0.4, -0.2) is 25.0 Å². The number of amides is 2. The number of ether oxygens (including phenoxy) is 2. The topological polar surface area (TPSA) is 76.7 Å². The van der Waals surface area contributed by atoms with Crippen molar-refractivity contribution >= 4 is 17.7 Å². The number of esters is 1. The molecular weight excluding hydrogens is 389 g/mol. The van der Waals surface area contributed by atoms with Gasteiger partial charge in [-0.25, -0.2) is 9.59 Å². The molecule has 0 aliphatic carbocycles. The lowest BCUT2D eigenvalue weighted by Gasteiger charge is -2.13. The van der Waals surface area contributed by atoms with Gasteiger partial charge in [0.25, 0.3) is 0 Å². The normalized spacial score (nSPS) is 10.9. The van der Waals surface area contributed by atoms with E-state index in [1.54, 1.807) is 24.3 Å². The van der Waals surface area contributed by atoms with Crippen LogP contribution in [0.3, 0.4) is 0 Å². The molecule has 0 fully saturated rings. The summed E-state index contributed by atoms with van der Waals surface area (Å²) >= 11 is 0. The van der Waals surface area contributed by atoms with Crippen LogP contribution in [0.25, 0.3) is 0 Å². The zero-order chi connectivity index (χ0) is 21.3. The van der Waals surface area contributed by atoms with Crippen molar-refractivity contribution in [2.24, 2.45) is 0 Å². The minimum absolute atomic E-state index is 0.0377. The SMILES string of the molecule is CCCCOC(=O)c1ccccc1NC(=O)NCc1cccc(OC(F)(F)F)c1. The van der Waals surface area contributed by atoms with Gasteiger partial charge in [0.05, 0.1) is 17.9 Å². The van der Waals surface area contributed by atoms with Crippen molar-refractivity contribution < 1.29 is 32.2 Å². The molecule has 2 amide bonds. The van der Waals surface area contributed by atoms with E-state index in [1.807, 2.05) is 6.92 Å². The number of halogens is 3. The Balaban J connectivity index is 1.95. The van der Waals surface area contributed by atoms with Crippen LogP contribution in [0.15, 0.2) is 48.5 Å². The van der Waals surface area contributed by atoms with Crippen LogP contribution >= 0.6 is 0 Å². The fourth-order valence-electron chi connectivity index (χ4n) is 2.36. The molecule has 0 aromatic heterocycles. The largest absolute Gasteiger partial charge is 0.573 e. The molecule has 0 bridgehead atoms. The standard InChI is InChI=1S/C20H21F3N2O4/c1-2-3-11-28-18(26)16-9-4-5-10-17(16)25-19(27)24-13-14-7-6-8-15(12-14)29-20(21,22)23/h4-10,12H,2-3,11,13H2,1H3,(H2,24,25,27). The summed E-state index contributed by atoms with van der Waals surface area (Å²) in [4.78, 5) is 24.3. The minimum Gasteiger partial charge on any atom is -0.462 e. The van der Waals surface area contributed by atoms with E-state index >= 15 is 0 Å². The maximum atomic E-state index is 12.3. The van der Waals surface area contributed by atoms with Gasteiger partial charge in [0.2, 0.25) is 0 Å². The summed E-state index contributed by atoms with van der Waals surface area (Å²) in [6.07, 6.45) is -3.18. The van der Waals surface area contributed by atoms with Gasteiger partial charge < -0.3 is 20.1 Å². The number of nitrogens with one attached hydrogen (secondary N) is 2. The molecule has 0 aliphatic heterocycles. The van der Waals surface area contributed by atoms with Gasteiger partial charge in [0.1, 0.15) is 5.75 Å². The van der Waals surface area contributed by atoms with Crippen molar-refractivity contribution in [2.75, 3.05) is 11.9 Å². The Morgan fingerprint density at radius 1 is 1.07 bits per heavy atom. The number of rotatable bonds is 8. The number of anilines is 1. The van der Waals surface area contributed by atoms with E-state index in [2.05, 4.69) is 15.4 Å². The highest BCUT2D eigenvalue weighted by Gasteiger charge is 2.31. The summed E-state index contributed by atoms with van der Waals surface area (Å²) in [7, 11) is 0. The number of unbranched alkanes of at least 4 members (excludes halogenated alkanes) is 1. The van der Waals surface area contributed by atoms with Crippen LogP contribution < -0.4 is 15.4 Å². The molecule has 2 aromatic rings. The monoisotopic (exact) mass is 410 g/mol. The maximum absolute atomic E-state index is 12.3. The molecule has 156 valence electrons. The number of carbonyl (C=O) groups excluding carboxylic acids is 2. The molecule has 2 N–H and O–H groups in total. The number of hydrogen-bond donors (Lipinski definition) is 2. The average molecular weight is 410 g/mol. The van der Waals surface area contributed by atoms with Gasteiger partial charge in [0.15, 0.2) is 0 Å². The quantitative estimate of drug-likeness (QED) is 0.481. The van der Waals surface area contributed by atoms with E-state index in [1.165, 1.54) is 18.2 Å². The van der Waals surface area contributed by atoms with Crippen molar-refractivity contribution in [3.63, 3.8) is 0 Å². The predicted molar refractivity (Wildman–Crippen MR) is 101 cm³/mol. The van der Waals surface area contributed by atoms with Gasteiger partial charge in [-0.15, -0.1) is 13.2 Å². The Morgan fingerprint density at radius 3 is 2.55 bits per heavy atom. The van der Waals surface area contributed by atoms with E-state index in [-0.39, 0.29) is 30.2 Å². The van der Waals surface area contributed by atoms with E-state index < -0.39 is 18.4 Å². The molecule has 0 aliphatic rings. The molecular formula is C20H21F3N2O4. The number of alkyl halides is 3. The number of benzene rings is 2. The molecule has 2 aromatic carbocycles. The van der Waals surface area contributed by atoms with Crippen molar-refractivity contribution in [1.82, 2.24) is 5.32 Å². The number of hydrogen-bond acceptors (Lipinski definition) is 4. The first-order valence-corrected chi connectivity index (χ1v) is 8.94. The lowest BCUT2D eigenvalue weighted by molar-refractivity contribution is -0.274. The molecule has 0 saturated carbocycles. The van der Waals surface area contributed by atoms with E-state index in [4.69, 9.17) is 4.74 Å². The first-order valence-electron chi connectivity index (χ1n) is 8.94. The van der Waals surface area contributed by atoms with Gasteiger partial charge in [-0.3, -0.25) is 0 Å². The Bertz CT molecular complexity index is 840. The van der Waals surface area contributed by atoms with E-state index in [0.717, 1.165) is 18.9 Å². The predicted octanol–water partition coefficient (Wildman–Crippen LogP) is 4.86. The van der Waals surface area contributed by atoms with Crippen LogP contribution in [0, 0.1) is 0 Å². The molecule has 0 spiro atoms. The molecule has 9 heteroatoms. The Morgan fingerprint density at radius 2 is 1.83 bits per heavy atom. The Hall–Kier alpha value is -3.23. The van der Waals surface area contributed by atoms with Crippen LogP contribution in [0.4, 0.5) is 23.7 Å². The van der Waals surface area contributed by atoms with Gasteiger partial charge in [-0.2, -0.15) is 0 Å². The number of para-hydroxylation sites is 1. The third kappa shape index (κ3) is 7.73. The molecule has 0 heterocycles. The lowest BCUT2D eigenvalue weighted by Crippen LogP contribution is -2.29. The van der Waals surface area contributed by atoms with Crippen molar-refractivity contribution in [3.8, 4) is 5.75 Å². The van der Waals surface area contributed by atoms with Gasteiger partial charge in [0, 0.05) is 6.54 Å². The van der Waals surface area contributed by atoms with Crippen LogP contribution in [0.1, 0.15) is 35.7 Å². The fraction of sp³-hybridized carbons (Fsp3) is 0.300. The second-order valence-electron chi connectivity index (χ2n) is 6.04. The second kappa shape index (κ2) is 10.4.